The maximum Gasteiger partial charge on any atom is 0.191 e. The van der Waals surface area contributed by atoms with Gasteiger partial charge in [0.15, 0.2) is 17.5 Å². The lowest BCUT2D eigenvalue weighted by molar-refractivity contribution is 0.171. The van der Waals surface area contributed by atoms with Gasteiger partial charge in [0.05, 0.1) is 5.02 Å². The van der Waals surface area contributed by atoms with E-state index in [1.54, 1.807) is 7.05 Å². The first-order valence-electron chi connectivity index (χ1n) is 7.12. The Hall–Kier alpha value is -0.890. The van der Waals surface area contributed by atoms with Crippen molar-refractivity contribution in [2.24, 2.45) is 10.9 Å². The number of hydrogen-bond donors (Lipinski definition) is 2. The summed E-state index contributed by atoms with van der Waals surface area (Å²) < 4.78 is 11.1. The number of rotatable bonds is 4. The molecule has 0 amide bonds. The molecule has 5 nitrogen and oxygen atoms in total. The van der Waals surface area contributed by atoms with Gasteiger partial charge in [-0.25, -0.2) is 0 Å². The molecular formula is C15H23ClIN3O2. The lowest BCUT2D eigenvalue weighted by Crippen LogP contribution is -2.38. The van der Waals surface area contributed by atoms with Gasteiger partial charge < -0.3 is 20.1 Å². The molecule has 0 saturated heterocycles. The Morgan fingerprint density at radius 2 is 2.00 bits per heavy atom. The second-order valence-electron chi connectivity index (χ2n) is 5.30. The fourth-order valence-electron chi connectivity index (χ4n) is 1.97. The van der Waals surface area contributed by atoms with Gasteiger partial charge in [0.1, 0.15) is 13.2 Å². The van der Waals surface area contributed by atoms with E-state index in [2.05, 4.69) is 29.5 Å². The zero-order valence-corrected chi connectivity index (χ0v) is 16.2. The van der Waals surface area contributed by atoms with Gasteiger partial charge in [0.25, 0.3) is 0 Å². The zero-order chi connectivity index (χ0) is 15.2. The van der Waals surface area contributed by atoms with Crippen molar-refractivity contribution in [2.45, 2.75) is 20.4 Å². The van der Waals surface area contributed by atoms with Crippen LogP contribution in [0.2, 0.25) is 5.02 Å². The molecule has 1 aromatic rings. The van der Waals surface area contributed by atoms with Crippen LogP contribution in [0.5, 0.6) is 11.5 Å². The summed E-state index contributed by atoms with van der Waals surface area (Å²) in [6, 6.07) is 3.83. The summed E-state index contributed by atoms with van der Waals surface area (Å²) in [5, 5.41) is 7.10. The average Bonchev–Trinajstić information content (AvgIpc) is 2.47. The molecule has 0 aromatic heterocycles. The van der Waals surface area contributed by atoms with Gasteiger partial charge in [-0.2, -0.15) is 0 Å². The lowest BCUT2D eigenvalue weighted by Gasteiger charge is -2.20. The summed E-state index contributed by atoms with van der Waals surface area (Å²) >= 11 is 6.22. The van der Waals surface area contributed by atoms with E-state index in [0.717, 1.165) is 18.1 Å². The fourth-order valence-corrected chi connectivity index (χ4v) is 2.26. The van der Waals surface area contributed by atoms with Crippen molar-refractivity contribution in [3.63, 3.8) is 0 Å². The molecule has 1 heterocycles. The van der Waals surface area contributed by atoms with Crippen LogP contribution in [0.15, 0.2) is 17.1 Å². The highest BCUT2D eigenvalue weighted by molar-refractivity contribution is 14.0. The Kier molecular flexibility index (Phi) is 8.09. The van der Waals surface area contributed by atoms with Crippen LogP contribution in [0.25, 0.3) is 0 Å². The van der Waals surface area contributed by atoms with E-state index in [1.165, 1.54) is 0 Å². The maximum atomic E-state index is 6.22. The molecular weight excluding hydrogens is 417 g/mol. The van der Waals surface area contributed by atoms with Crippen LogP contribution in [0.3, 0.4) is 0 Å². The molecule has 2 rings (SSSR count). The molecule has 0 radical (unpaired) electrons. The van der Waals surface area contributed by atoms with Crippen LogP contribution in [-0.2, 0) is 6.54 Å². The van der Waals surface area contributed by atoms with Gasteiger partial charge in [0.2, 0.25) is 0 Å². The molecule has 7 heteroatoms. The van der Waals surface area contributed by atoms with Crippen molar-refractivity contribution in [2.75, 3.05) is 26.8 Å². The van der Waals surface area contributed by atoms with Gasteiger partial charge in [0, 0.05) is 20.1 Å². The lowest BCUT2D eigenvalue weighted by atomic mass is 10.2. The molecule has 0 unspecified atom stereocenters. The van der Waals surface area contributed by atoms with E-state index in [9.17, 15) is 0 Å². The Labute approximate surface area is 153 Å². The topological polar surface area (TPSA) is 54.9 Å². The Morgan fingerprint density at radius 1 is 1.27 bits per heavy atom. The second-order valence-corrected chi connectivity index (χ2v) is 5.71. The molecule has 0 atom stereocenters. The van der Waals surface area contributed by atoms with E-state index in [-0.39, 0.29) is 24.0 Å². The summed E-state index contributed by atoms with van der Waals surface area (Å²) in [7, 11) is 1.76. The quantitative estimate of drug-likeness (QED) is 0.430. The summed E-state index contributed by atoms with van der Waals surface area (Å²) in [6.45, 7) is 6.89. The van der Waals surface area contributed by atoms with Gasteiger partial charge >= 0.3 is 0 Å². The van der Waals surface area contributed by atoms with Crippen LogP contribution < -0.4 is 20.1 Å². The minimum Gasteiger partial charge on any atom is -0.486 e. The van der Waals surface area contributed by atoms with Crippen LogP contribution >= 0.6 is 35.6 Å². The van der Waals surface area contributed by atoms with Crippen molar-refractivity contribution >= 4 is 41.5 Å². The number of ether oxygens (including phenoxy) is 2. The Bertz CT molecular complexity index is 524. The molecule has 1 aromatic carbocycles. The van der Waals surface area contributed by atoms with Crippen molar-refractivity contribution in [1.82, 2.24) is 10.6 Å². The van der Waals surface area contributed by atoms with Crippen molar-refractivity contribution in [1.29, 1.82) is 0 Å². The van der Waals surface area contributed by atoms with Gasteiger partial charge in [-0.3, -0.25) is 4.99 Å². The molecule has 0 aliphatic carbocycles. The molecule has 124 valence electrons. The number of nitrogens with one attached hydrogen (secondary N) is 2. The number of benzene rings is 1. The van der Waals surface area contributed by atoms with Crippen LogP contribution in [0, 0.1) is 5.92 Å². The maximum absolute atomic E-state index is 6.22. The van der Waals surface area contributed by atoms with Crippen molar-refractivity contribution in [3.05, 3.63) is 22.7 Å². The number of hydrogen-bond acceptors (Lipinski definition) is 3. The fraction of sp³-hybridized carbons (Fsp3) is 0.533. The van der Waals surface area contributed by atoms with E-state index in [1.807, 2.05) is 12.1 Å². The van der Waals surface area contributed by atoms with Gasteiger partial charge in [-0.1, -0.05) is 25.4 Å². The standard InChI is InChI=1S/C15H22ClN3O2.HI/c1-10(2)8-18-15(17-3)19-9-11-6-12(16)14-13(7-11)20-4-5-21-14;/h6-7,10H,4-5,8-9H2,1-3H3,(H2,17,18,19);1H. The van der Waals surface area contributed by atoms with Gasteiger partial charge in [-0.05, 0) is 23.6 Å². The third kappa shape index (κ3) is 5.39. The van der Waals surface area contributed by atoms with Crippen molar-refractivity contribution < 1.29 is 9.47 Å². The number of halogens is 2. The molecule has 0 fully saturated rings. The van der Waals surface area contributed by atoms with Crippen LogP contribution in [0.4, 0.5) is 0 Å². The zero-order valence-electron chi connectivity index (χ0n) is 13.1. The van der Waals surface area contributed by atoms with E-state index >= 15 is 0 Å². The Morgan fingerprint density at radius 3 is 2.68 bits per heavy atom. The van der Waals surface area contributed by atoms with E-state index in [4.69, 9.17) is 21.1 Å². The minimum atomic E-state index is 0. The van der Waals surface area contributed by atoms with Gasteiger partial charge in [-0.15, -0.1) is 24.0 Å². The average molecular weight is 440 g/mol. The molecule has 0 bridgehead atoms. The van der Waals surface area contributed by atoms with Crippen molar-refractivity contribution in [3.8, 4) is 11.5 Å². The molecule has 1 aliphatic heterocycles. The molecule has 1 aliphatic rings. The summed E-state index contributed by atoms with van der Waals surface area (Å²) in [4.78, 5) is 4.19. The predicted molar refractivity (Wildman–Crippen MR) is 101 cm³/mol. The molecule has 0 spiro atoms. The minimum absolute atomic E-state index is 0. The second kappa shape index (κ2) is 9.29. The SMILES string of the molecule is CN=C(NCc1cc(Cl)c2c(c1)OCCO2)NCC(C)C.I. The number of guanidine groups is 1. The van der Waals surface area contributed by atoms with E-state index < -0.39 is 0 Å². The van der Waals surface area contributed by atoms with Crippen LogP contribution in [0.1, 0.15) is 19.4 Å². The van der Waals surface area contributed by atoms with E-state index in [0.29, 0.717) is 42.2 Å². The molecule has 22 heavy (non-hydrogen) atoms. The highest BCUT2D eigenvalue weighted by Gasteiger charge is 2.16. The third-order valence-electron chi connectivity index (χ3n) is 3.02. The normalized spacial score (nSPS) is 13.6. The Balaban J connectivity index is 0.00000242. The number of fused-ring (bicyclic) bond motifs is 1. The third-order valence-corrected chi connectivity index (χ3v) is 3.30. The largest absolute Gasteiger partial charge is 0.486 e. The smallest absolute Gasteiger partial charge is 0.191 e. The summed E-state index contributed by atoms with van der Waals surface area (Å²) in [5.41, 5.74) is 1.02. The summed E-state index contributed by atoms with van der Waals surface area (Å²) in [5.74, 6) is 2.67. The molecule has 0 saturated carbocycles. The first-order valence-corrected chi connectivity index (χ1v) is 7.50. The number of nitrogens with zero attached hydrogens (tertiary/aromatic N) is 1. The highest BCUT2D eigenvalue weighted by atomic mass is 127. The monoisotopic (exact) mass is 439 g/mol. The number of aliphatic imine (C=N–C) groups is 1. The first kappa shape index (κ1) is 19.2. The van der Waals surface area contributed by atoms with Crippen LogP contribution in [-0.4, -0.2) is 32.8 Å². The first-order chi connectivity index (χ1) is 10.1. The predicted octanol–water partition coefficient (Wildman–Crippen LogP) is 3.05. The summed E-state index contributed by atoms with van der Waals surface area (Å²) in [6.07, 6.45) is 0. The molecule has 2 N–H and O–H groups in total. The highest BCUT2D eigenvalue weighted by Crippen LogP contribution is 2.38.